The van der Waals surface area contributed by atoms with E-state index in [1.807, 2.05) is 0 Å². The smallest absolute Gasteiger partial charge is 0.0346 e. The van der Waals surface area contributed by atoms with Gasteiger partial charge >= 0.3 is 0 Å². The largest absolute Gasteiger partial charge is 0.314 e. The van der Waals surface area contributed by atoms with E-state index < -0.39 is 0 Å². The van der Waals surface area contributed by atoms with Crippen molar-refractivity contribution in [2.45, 2.75) is 45.6 Å². The van der Waals surface area contributed by atoms with Gasteiger partial charge in [0, 0.05) is 32.2 Å². The van der Waals surface area contributed by atoms with Crippen LogP contribution in [0.15, 0.2) is 24.3 Å². The van der Waals surface area contributed by atoms with E-state index >= 15 is 0 Å². The standard InChI is InChI=1S/C17H28N2/c1-4-14(3)15-6-8-16(9-7-15)17(5-2)19-12-10-18-11-13-19/h6-9,14,17-18H,4-5,10-13H2,1-3H3. The fourth-order valence-electron chi connectivity index (χ4n) is 2.98. The maximum atomic E-state index is 3.44. The van der Waals surface area contributed by atoms with Crippen LogP contribution >= 0.6 is 0 Å². The van der Waals surface area contributed by atoms with E-state index in [1.165, 1.54) is 37.1 Å². The van der Waals surface area contributed by atoms with E-state index in [9.17, 15) is 0 Å². The molecule has 1 heterocycles. The summed E-state index contributed by atoms with van der Waals surface area (Å²) in [4.78, 5) is 2.62. The fourth-order valence-corrected chi connectivity index (χ4v) is 2.98. The van der Waals surface area contributed by atoms with Gasteiger partial charge in [0.05, 0.1) is 0 Å². The van der Waals surface area contributed by atoms with Gasteiger partial charge in [-0.1, -0.05) is 45.0 Å². The van der Waals surface area contributed by atoms with Gasteiger partial charge < -0.3 is 5.32 Å². The van der Waals surface area contributed by atoms with Crippen LogP contribution in [0.3, 0.4) is 0 Å². The van der Waals surface area contributed by atoms with Gasteiger partial charge in [0.25, 0.3) is 0 Å². The van der Waals surface area contributed by atoms with Gasteiger partial charge in [-0.25, -0.2) is 0 Å². The maximum Gasteiger partial charge on any atom is 0.0346 e. The van der Waals surface area contributed by atoms with Gasteiger partial charge in [0.1, 0.15) is 0 Å². The SMILES string of the molecule is CCC(C)c1ccc(C(CC)N2CCNCC2)cc1. The number of hydrogen-bond acceptors (Lipinski definition) is 2. The number of piperazine rings is 1. The zero-order valence-corrected chi connectivity index (χ0v) is 12.7. The van der Waals surface area contributed by atoms with Crippen LogP contribution in [0.2, 0.25) is 0 Å². The highest BCUT2D eigenvalue weighted by Gasteiger charge is 2.20. The molecule has 1 aromatic carbocycles. The lowest BCUT2D eigenvalue weighted by atomic mass is 9.95. The van der Waals surface area contributed by atoms with Crippen molar-refractivity contribution in [1.82, 2.24) is 10.2 Å². The maximum absolute atomic E-state index is 3.44. The highest BCUT2D eigenvalue weighted by Crippen LogP contribution is 2.26. The van der Waals surface area contributed by atoms with Crippen LogP contribution in [0.25, 0.3) is 0 Å². The van der Waals surface area contributed by atoms with Crippen molar-refractivity contribution in [2.24, 2.45) is 0 Å². The van der Waals surface area contributed by atoms with Gasteiger partial charge in [-0.2, -0.15) is 0 Å². The Kier molecular flexibility index (Phi) is 5.41. The first kappa shape index (κ1) is 14.5. The van der Waals surface area contributed by atoms with Crippen molar-refractivity contribution in [2.75, 3.05) is 26.2 Å². The average molecular weight is 260 g/mol. The van der Waals surface area contributed by atoms with Gasteiger partial charge in [0.2, 0.25) is 0 Å². The first-order valence-corrected chi connectivity index (χ1v) is 7.80. The van der Waals surface area contributed by atoms with Crippen LogP contribution in [0.5, 0.6) is 0 Å². The van der Waals surface area contributed by atoms with E-state index in [0.29, 0.717) is 12.0 Å². The minimum absolute atomic E-state index is 0.591. The molecule has 19 heavy (non-hydrogen) atoms. The molecule has 1 N–H and O–H groups in total. The second-order valence-electron chi connectivity index (χ2n) is 5.69. The van der Waals surface area contributed by atoms with Crippen molar-refractivity contribution in [3.63, 3.8) is 0 Å². The lowest BCUT2D eigenvalue weighted by molar-refractivity contribution is 0.169. The van der Waals surface area contributed by atoms with Crippen LogP contribution < -0.4 is 5.32 Å². The molecule has 1 aromatic rings. The van der Waals surface area contributed by atoms with Crippen LogP contribution in [0.4, 0.5) is 0 Å². The summed E-state index contributed by atoms with van der Waals surface area (Å²) in [7, 11) is 0. The van der Waals surface area contributed by atoms with Gasteiger partial charge in [-0.3, -0.25) is 4.90 Å². The van der Waals surface area contributed by atoms with Crippen molar-refractivity contribution in [3.8, 4) is 0 Å². The minimum Gasteiger partial charge on any atom is -0.314 e. The van der Waals surface area contributed by atoms with E-state index in [-0.39, 0.29) is 0 Å². The quantitative estimate of drug-likeness (QED) is 0.871. The normalized spacial score (nSPS) is 20.2. The highest BCUT2D eigenvalue weighted by atomic mass is 15.2. The second kappa shape index (κ2) is 7.06. The van der Waals surface area contributed by atoms with Crippen LogP contribution in [-0.4, -0.2) is 31.1 Å². The van der Waals surface area contributed by atoms with Crippen molar-refractivity contribution < 1.29 is 0 Å². The molecule has 0 spiro atoms. The molecule has 1 saturated heterocycles. The molecule has 0 saturated carbocycles. The van der Waals surface area contributed by atoms with E-state index in [4.69, 9.17) is 0 Å². The van der Waals surface area contributed by atoms with Crippen LogP contribution in [-0.2, 0) is 0 Å². The molecular weight excluding hydrogens is 232 g/mol. The molecule has 2 atom stereocenters. The van der Waals surface area contributed by atoms with Gasteiger partial charge in [-0.15, -0.1) is 0 Å². The summed E-state index contributed by atoms with van der Waals surface area (Å²) < 4.78 is 0. The molecule has 2 nitrogen and oxygen atoms in total. The molecule has 0 bridgehead atoms. The second-order valence-corrected chi connectivity index (χ2v) is 5.69. The molecule has 0 radical (unpaired) electrons. The topological polar surface area (TPSA) is 15.3 Å². The summed E-state index contributed by atoms with van der Waals surface area (Å²) >= 11 is 0. The zero-order chi connectivity index (χ0) is 13.7. The molecule has 2 heteroatoms. The van der Waals surface area contributed by atoms with Crippen molar-refractivity contribution >= 4 is 0 Å². The summed E-state index contributed by atoms with van der Waals surface area (Å²) in [5.41, 5.74) is 2.96. The Balaban J connectivity index is 2.09. The molecule has 1 fully saturated rings. The summed E-state index contributed by atoms with van der Waals surface area (Å²) in [6.45, 7) is 11.5. The molecule has 2 unspecified atom stereocenters. The lowest BCUT2D eigenvalue weighted by Gasteiger charge is -2.34. The monoisotopic (exact) mass is 260 g/mol. The minimum atomic E-state index is 0.591. The number of benzene rings is 1. The fraction of sp³-hybridized carbons (Fsp3) is 0.647. The molecule has 0 aliphatic carbocycles. The molecule has 1 aliphatic rings. The van der Waals surface area contributed by atoms with Gasteiger partial charge in [-0.05, 0) is 29.9 Å². The Labute approximate surface area is 118 Å². The average Bonchev–Trinajstić information content (AvgIpc) is 2.49. The Hall–Kier alpha value is -0.860. The van der Waals surface area contributed by atoms with Crippen molar-refractivity contribution in [1.29, 1.82) is 0 Å². The van der Waals surface area contributed by atoms with E-state index in [0.717, 1.165) is 13.1 Å². The summed E-state index contributed by atoms with van der Waals surface area (Å²) in [6, 6.07) is 9.94. The molecular formula is C17H28N2. The predicted molar refractivity (Wildman–Crippen MR) is 82.6 cm³/mol. The number of nitrogens with one attached hydrogen (secondary N) is 1. The molecule has 0 amide bonds. The Bertz CT molecular complexity index is 365. The molecule has 1 aliphatic heterocycles. The first-order chi connectivity index (χ1) is 9.26. The number of rotatable bonds is 5. The predicted octanol–water partition coefficient (Wildman–Crippen LogP) is 3.56. The third-order valence-electron chi connectivity index (χ3n) is 4.48. The lowest BCUT2D eigenvalue weighted by Crippen LogP contribution is -2.45. The van der Waals surface area contributed by atoms with E-state index in [2.05, 4.69) is 55.3 Å². The molecule has 0 aromatic heterocycles. The third kappa shape index (κ3) is 3.58. The summed E-state index contributed by atoms with van der Waals surface area (Å²) in [6.07, 6.45) is 2.41. The van der Waals surface area contributed by atoms with Crippen molar-refractivity contribution in [3.05, 3.63) is 35.4 Å². The first-order valence-electron chi connectivity index (χ1n) is 7.80. The summed E-state index contributed by atoms with van der Waals surface area (Å²) in [5.74, 6) is 0.674. The Morgan fingerprint density at radius 3 is 2.11 bits per heavy atom. The third-order valence-corrected chi connectivity index (χ3v) is 4.48. The summed E-state index contributed by atoms with van der Waals surface area (Å²) in [5, 5.41) is 3.44. The zero-order valence-electron chi connectivity index (χ0n) is 12.7. The molecule has 106 valence electrons. The number of hydrogen-bond donors (Lipinski definition) is 1. The van der Waals surface area contributed by atoms with Crippen LogP contribution in [0, 0.1) is 0 Å². The van der Waals surface area contributed by atoms with E-state index in [1.54, 1.807) is 0 Å². The highest BCUT2D eigenvalue weighted by molar-refractivity contribution is 5.27. The van der Waals surface area contributed by atoms with Gasteiger partial charge in [0.15, 0.2) is 0 Å². The molecule has 2 rings (SSSR count). The Morgan fingerprint density at radius 1 is 1.00 bits per heavy atom. The number of nitrogens with zero attached hydrogens (tertiary/aromatic N) is 1. The van der Waals surface area contributed by atoms with Crippen LogP contribution in [0.1, 0.15) is 56.7 Å². The Morgan fingerprint density at radius 2 is 1.58 bits per heavy atom.